The third kappa shape index (κ3) is 5.29. The maximum atomic E-state index is 14.5. The Labute approximate surface area is 203 Å². The van der Waals surface area contributed by atoms with E-state index in [0.29, 0.717) is 34.5 Å². The number of benzene rings is 2. The van der Waals surface area contributed by atoms with Crippen molar-refractivity contribution in [1.29, 1.82) is 0 Å². The van der Waals surface area contributed by atoms with E-state index in [4.69, 9.17) is 16.4 Å². The maximum absolute atomic E-state index is 14.5. The molecular formula is C22H20ClF4N3O4S. The molecule has 7 nitrogen and oxygen atoms in total. The van der Waals surface area contributed by atoms with E-state index in [1.807, 2.05) is 0 Å². The van der Waals surface area contributed by atoms with Gasteiger partial charge in [0, 0.05) is 30.6 Å². The molecule has 2 aromatic carbocycles. The zero-order valence-corrected chi connectivity index (χ0v) is 20.1. The molecule has 0 bridgehead atoms. The monoisotopic (exact) mass is 533 g/mol. The molecule has 2 aliphatic rings. The normalized spacial score (nSPS) is 19.2. The molecule has 2 heterocycles. The Morgan fingerprint density at radius 1 is 1.23 bits per heavy atom. The second kappa shape index (κ2) is 9.07. The molecule has 2 aromatic rings. The highest BCUT2D eigenvalue weighted by Crippen LogP contribution is 2.39. The number of halogens is 5. The topological polar surface area (TPSA) is 88.1 Å². The number of nitrogens with one attached hydrogen (secondary N) is 1. The molecule has 0 aromatic heterocycles. The van der Waals surface area contributed by atoms with Crippen molar-refractivity contribution in [2.45, 2.75) is 31.7 Å². The molecule has 4 rings (SSSR count). The van der Waals surface area contributed by atoms with Crippen LogP contribution in [0.1, 0.15) is 45.1 Å². The highest BCUT2D eigenvalue weighted by molar-refractivity contribution is 7.88. The largest absolute Gasteiger partial charge is 0.416 e. The van der Waals surface area contributed by atoms with E-state index >= 15 is 0 Å². The Hall–Kier alpha value is -2.70. The molecular weight excluding hydrogens is 514 g/mol. The highest BCUT2D eigenvalue weighted by Gasteiger charge is 2.36. The van der Waals surface area contributed by atoms with Gasteiger partial charge in [-0.15, -0.1) is 0 Å². The summed E-state index contributed by atoms with van der Waals surface area (Å²) in [4.78, 5) is 17.8. The molecule has 1 amide bonds. The van der Waals surface area contributed by atoms with Crippen LogP contribution in [0.3, 0.4) is 0 Å². The molecule has 1 saturated heterocycles. The van der Waals surface area contributed by atoms with Gasteiger partial charge in [-0.05, 0) is 42.3 Å². The number of oxime groups is 1. The fourth-order valence-corrected chi connectivity index (χ4v) is 5.01. The van der Waals surface area contributed by atoms with Crippen LogP contribution in [0.2, 0.25) is 5.02 Å². The Bertz CT molecular complexity index is 1320. The van der Waals surface area contributed by atoms with E-state index in [2.05, 4.69) is 10.5 Å². The van der Waals surface area contributed by atoms with Gasteiger partial charge in [0.05, 0.1) is 28.6 Å². The van der Waals surface area contributed by atoms with Crippen LogP contribution in [-0.2, 0) is 21.0 Å². The van der Waals surface area contributed by atoms with Crippen LogP contribution in [0.5, 0.6) is 0 Å². The summed E-state index contributed by atoms with van der Waals surface area (Å²) in [6.45, 7) is 2.10. The Morgan fingerprint density at radius 2 is 1.91 bits per heavy atom. The summed E-state index contributed by atoms with van der Waals surface area (Å²) in [6, 6.07) is 5.72. The molecule has 1 N–H and O–H groups in total. The zero-order chi connectivity index (χ0) is 25.7. The van der Waals surface area contributed by atoms with Gasteiger partial charge in [-0.1, -0.05) is 22.8 Å². The molecule has 2 aliphatic heterocycles. The molecule has 13 heteroatoms. The van der Waals surface area contributed by atoms with E-state index in [1.165, 1.54) is 4.31 Å². The number of alkyl halides is 3. The molecule has 1 atom stereocenters. The molecule has 188 valence electrons. The van der Waals surface area contributed by atoms with Crippen molar-refractivity contribution in [3.63, 3.8) is 0 Å². The van der Waals surface area contributed by atoms with Gasteiger partial charge in [-0.2, -0.15) is 17.5 Å². The lowest BCUT2D eigenvalue weighted by molar-refractivity contribution is -0.137. The van der Waals surface area contributed by atoms with Gasteiger partial charge in [0.15, 0.2) is 6.10 Å². The summed E-state index contributed by atoms with van der Waals surface area (Å²) in [5.74, 6) is -1.37. The molecule has 0 spiro atoms. The SMILES string of the molecule is Cc1cc(C2=NOC(c3cc(C(F)(F)F)cc(Cl)c3F)C2)ccc1C(=O)NC1CN(S(C)(=O)=O)C1. The van der Waals surface area contributed by atoms with Crippen molar-refractivity contribution in [3.8, 4) is 0 Å². The van der Waals surface area contributed by atoms with Crippen LogP contribution in [0.4, 0.5) is 17.6 Å². The minimum absolute atomic E-state index is 0.00292. The first-order valence-corrected chi connectivity index (χ1v) is 12.6. The minimum Gasteiger partial charge on any atom is -0.387 e. The molecule has 0 aliphatic carbocycles. The number of hydrogen-bond donors (Lipinski definition) is 1. The zero-order valence-electron chi connectivity index (χ0n) is 18.5. The smallest absolute Gasteiger partial charge is 0.387 e. The van der Waals surface area contributed by atoms with Crippen molar-refractivity contribution in [1.82, 2.24) is 9.62 Å². The van der Waals surface area contributed by atoms with Crippen LogP contribution in [0.15, 0.2) is 35.5 Å². The first-order valence-electron chi connectivity index (χ1n) is 10.4. The summed E-state index contributed by atoms with van der Waals surface area (Å²) in [6.07, 6.45) is -4.69. The molecule has 1 unspecified atom stereocenters. The molecule has 0 saturated carbocycles. The summed E-state index contributed by atoms with van der Waals surface area (Å²) >= 11 is 5.67. The number of sulfonamides is 1. The molecule has 35 heavy (non-hydrogen) atoms. The van der Waals surface area contributed by atoms with Gasteiger partial charge in [0.25, 0.3) is 5.91 Å². The number of hydrogen-bond acceptors (Lipinski definition) is 5. The number of nitrogens with zero attached hydrogens (tertiary/aromatic N) is 2. The lowest BCUT2D eigenvalue weighted by atomic mass is 9.96. The summed E-state index contributed by atoms with van der Waals surface area (Å²) in [5, 5.41) is 6.02. The van der Waals surface area contributed by atoms with Crippen LogP contribution < -0.4 is 5.32 Å². The fraction of sp³-hybridized carbons (Fsp3) is 0.364. The van der Waals surface area contributed by atoms with Crippen molar-refractivity contribution in [2.75, 3.05) is 19.3 Å². The number of carbonyl (C=O) groups excluding carboxylic acids is 1. The minimum atomic E-state index is -4.70. The van der Waals surface area contributed by atoms with E-state index in [1.54, 1.807) is 25.1 Å². The molecule has 1 fully saturated rings. The van der Waals surface area contributed by atoms with Gasteiger partial charge >= 0.3 is 6.18 Å². The van der Waals surface area contributed by atoms with Crippen LogP contribution in [0.25, 0.3) is 0 Å². The van der Waals surface area contributed by atoms with Gasteiger partial charge in [-0.25, -0.2) is 12.8 Å². The second-order valence-electron chi connectivity index (χ2n) is 8.48. The van der Waals surface area contributed by atoms with Crippen LogP contribution >= 0.6 is 11.6 Å². The summed E-state index contributed by atoms with van der Waals surface area (Å²) in [5.41, 5.74) is 0.470. The fourth-order valence-electron chi connectivity index (χ4n) is 3.88. The van der Waals surface area contributed by atoms with Gasteiger partial charge in [-0.3, -0.25) is 4.79 Å². The Kier molecular flexibility index (Phi) is 6.58. The Balaban J connectivity index is 1.45. The molecule has 0 radical (unpaired) electrons. The number of aryl methyl sites for hydroxylation is 1. The van der Waals surface area contributed by atoms with E-state index in [-0.39, 0.29) is 37.0 Å². The van der Waals surface area contributed by atoms with Gasteiger partial charge in [0.2, 0.25) is 10.0 Å². The predicted octanol–water partition coefficient (Wildman–Crippen LogP) is 4.05. The summed E-state index contributed by atoms with van der Waals surface area (Å²) < 4.78 is 78.0. The lowest BCUT2D eigenvalue weighted by Crippen LogP contribution is -2.60. The lowest BCUT2D eigenvalue weighted by Gasteiger charge is -2.37. The first-order chi connectivity index (χ1) is 16.2. The highest BCUT2D eigenvalue weighted by atomic mass is 35.5. The van der Waals surface area contributed by atoms with Crippen molar-refractivity contribution >= 4 is 33.2 Å². The van der Waals surface area contributed by atoms with Crippen molar-refractivity contribution in [3.05, 3.63) is 69.0 Å². The van der Waals surface area contributed by atoms with E-state index in [9.17, 15) is 30.8 Å². The average Bonchev–Trinajstić information content (AvgIpc) is 3.20. The van der Waals surface area contributed by atoms with E-state index in [0.717, 1.165) is 6.26 Å². The average molecular weight is 534 g/mol. The standard InChI is InChI=1S/C22H20ClF4N3O4S/c1-11-5-12(3-4-15(11)21(31)28-14-9-30(10-14)35(2,32)33)18-8-19(34-29-18)16-6-13(22(25,26)27)7-17(23)20(16)24/h3-7,14,19H,8-10H2,1-2H3,(H,28,31). The Morgan fingerprint density at radius 3 is 2.51 bits per heavy atom. The van der Waals surface area contributed by atoms with E-state index < -0.39 is 38.7 Å². The summed E-state index contributed by atoms with van der Waals surface area (Å²) in [7, 11) is -3.29. The van der Waals surface area contributed by atoms with Gasteiger partial charge < -0.3 is 10.2 Å². The van der Waals surface area contributed by atoms with Crippen molar-refractivity contribution < 1.29 is 35.6 Å². The first kappa shape index (κ1) is 25.4. The van der Waals surface area contributed by atoms with Crippen LogP contribution in [0, 0.1) is 12.7 Å². The third-order valence-corrected chi connectivity index (χ3v) is 7.37. The van der Waals surface area contributed by atoms with Gasteiger partial charge in [0.1, 0.15) is 5.82 Å². The quantitative estimate of drug-likeness (QED) is 0.588. The third-order valence-electron chi connectivity index (χ3n) is 5.86. The maximum Gasteiger partial charge on any atom is 0.416 e. The number of amides is 1. The second-order valence-corrected chi connectivity index (χ2v) is 10.9. The number of carbonyl (C=O) groups is 1. The van der Waals surface area contributed by atoms with Crippen molar-refractivity contribution in [2.24, 2.45) is 5.16 Å². The number of rotatable bonds is 5. The van der Waals surface area contributed by atoms with Crippen LogP contribution in [-0.4, -0.2) is 49.7 Å². The predicted molar refractivity (Wildman–Crippen MR) is 120 cm³/mol.